The maximum Gasteiger partial charge on any atom is 0.172 e. The second-order valence-corrected chi connectivity index (χ2v) is 3.82. The second-order valence-electron chi connectivity index (χ2n) is 3.82. The predicted octanol–water partition coefficient (Wildman–Crippen LogP) is 3.13. The van der Waals surface area contributed by atoms with Crippen molar-refractivity contribution in [3.8, 4) is 0 Å². The van der Waals surface area contributed by atoms with Gasteiger partial charge >= 0.3 is 0 Å². The number of hydrogen-bond donors (Lipinski definition) is 0. The molecule has 0 aromatic rings. The lowest BCUT2D eigenvalue weighted by molar-refractivity contribution is -0.133. The van der Waals surface area contributed by atoms with Gasteiger partial charge in [-0.05, 0) is 13.3 Å². The number of Topliss-reactive ketones (excluding diaryl/α,β-unsaturated/α-hetero) is 1. The molecule has 12 heavy (non-hydrogen) atoms. The highest BCUT2D eigenvalue weighted by atomic mass is 19.1. The minimum atomic E-state index is -1.61. The number of carbonyl (C=O) groups excluding carboxylic acids is 1. The number of hydrogen-bond acceptors (Lipinski definition) is 1. The van der Waals surface area contributed by atoms with E-state index in [1.165, 1.54) is 6.92 Å². The minimum Gasteiger partial charge on any atom is -0.296 e. The summed E-state index contributed by atoms with van der Waals surface area (Å²) in [6, 6.07) is 0. The van der Waals surface area contributed by atoms with Crippen molar-refractivity contribution in [2.24, 2.45) is 5.92 Å². The maximum atomic E-state index is 13.6. The lowest BCUT2D eigenvalue weighted by atomic mass is 9.90. The van der Waals surface area contributed by atoms with Crippen LogP contribution in [0.15, 0.2) is 0 Å². The molecule has 0 saturated carbocycles. The Hall–Kier alpha value is -0.400. The standard InChI is InChI=1S/C10H19FO/c1-5-6-7-10(4,11)9(12)8(2)3/h8H,5-7H2,1-4H3. The van der Waals surface area contributed by atoms with Crippen LogP contribution in [-0.2, 0) is 4.79 Å². The molecule has 0 spiro atoms. The zero-order valence-electron chi connectivity index (χ0n) is 8.48. The molecule has 0 radical (unpaired) electrons. The van der Waals surface area contributed by atoms with E-state index in [0.717, 1.165) is 12.8 Å². The van der Waals surface area contributed by atoms with Crippen molar-refractivity contribution in [1.29, 1.82) is 0 Å². The molecule has 0 bridgehead atoms. The lowest BCUT2D eigenvalue weighted by Crippen LogP contribution is -2.33. The summed E-state index contributed by atoms with van der Waals surface area (Å²) in [6.07, 6.45) is 2.08. The summed E-state index contributed by atoms with van der Waals surface area (Å²) < 4.78 is 13.6. The van der Waals surface area contributed by atoms with Gasteiger partial charge < -0.3 is 0 Å². The van der Waals surface area contributed by atoms with E-state index in [4.69, 9.17) is 0 Å². The Balaban J connectivity index is 4.09. The molecule has 0 heterocycles. The highest BCUT2D eigenvalue weighted by Gasteiger charge is 2.33. The summed E-state index contributed by atoms with van der Waals surface area (Å²) in [7, 11) is 0. The fraction of sp³-hybridized carbons (Fsp3) is 0.900. The van der Waals surface area contributed by atoms with Gasteiger partial charge in [-0.15, -0.1) is 0 Å². The first kappa shape index (κ1) is 11.6. The van der Waals surface area contributed by atoms with E-state index >= 15 is 0 Å². The Morgan fingerprint density at radius 2 is 2.00 bits per heavy atom. The highest BCUT2D eigenvalue weighted by molar-refractivity contribution is 5.88. The van der Waals surface area contributed by atoms with Gasteiger partial charge in [-0.1, -0.05) is 33.6 Å². The molecular formula is C10H19FO. The highest BCUT2D eigenvalue weighted by Crippen LogP contribution is 2.23. The van der Waals surface area contributed by atoms with Gasteiger partial charge in [0.05, 0.1) is 0 Å². The molecule has 0 amide bonds. The molecule has 0 rings (SSSR count). The van der Waals surface area contributed by atoms with Crippen molar-refractivity contribution >= 4 is 5.78 Å². The third kappa shape index (κ3) is 3.33. The molecule has 2 heteroatoms. The van der Waals surface area contributed by atoms with Crippen LogP contribution in [-0.4, -0.2) is 11.5 Å². The summed E-state index contributed by atoms with van der Waals surface area (Å²) in [5.74, 6) is -0.465. The molecule has 1 unspecified atom stereocenters. The SMILES string of the molecule is CCCCC(C)(F)C(=O)C(C)C. The van der Waals surface area contributed by atoms with E-state index in [9.17, 15) is 9.18 Å². The number of rotatable bonds is 5. The van der Waals surface area contributed by atoms with Crippen LogP contribution in [0.25, 0.3) is 0 Å². The Labute approximate surface area is 74.4 Å². The van der Waals surface area contributed by atoms with Crippen molar-refractivity contribution in [1.82, 2.24) is 0 Å². The summed E-state index contributed by atoms with van der Waals surface area (Å²) in [4.78, 5) is 11.3. The molecule has 0 saturated heterocycles. The second kappa shape index (κ2) is 4.58. The Kier molecular flexibility index (Phi) is 4.43. The molecule has 0 aromatic carbocycles. The molecule has 0 aliphatic heterocycles. The quantitative estimate of drug-likeness (QED) is 0.625. The molecular weight excluding hydrogens is 155 g/mol. The third-order valence-corrected chi connectivity index (χ3v) is 2.04. The molecule has 1 atom stereocenters. The smallest absolute Gasteiger partial charge is 0.172 e. The van der Waals surface area contributed by atoms with Gasteiger partial charge in [-0.3, -0.25) is 4.79 Å². The van der Waals surface area contributed by atoms with E-state index in [1.54, 1.807) is 13.8 Å². The third-order valence-electron chi connectivity index (χ3n) is 2.04. The van der Waals surface area contributed by atoms with Crippen LogP contribution >= 0.6 is 0 Å². The fourth-order valence-electron chi connectivity index (χ4n) is 1.23. The Morgan fingerprint density at radius 3 is 2.33 bits per heavy atom. The van der Waals surface area contributed by atoms with Crippen molar-refractivity contribution in [3.63, 3.8) is 0 Å². The van der Waals surface area contributed by atoms with Gasteiger partial charge in [0.1, 0.15) is 0 Å². The Bertz CT molecular complexity index is 150. The van der Waals surface area contributed by atoms with Crippen LogP contribution in [0.3, 0.4) is 0 Å². The van der Waals surface area contributed by atoms with Gasteiger partial charge in [0.25, 0.3) is 0 Å². The van der Waals surface area contributed by atoms with Crippen LogP contribution in [0.2, 0.25) is 0 Å². The largest absolute Gasteiger partial charge is 0.296 e. The fourth-order valence-corrected chi connectivity index (χ4v) is 1.23. The zero-order chi connectivity index (χ0) is 9.78. The zero-order valence-corrected chi connectivity index (χ0v) is 8.48. The van der Waals surface area contributed by atoms with Crippen molar-refractivity contribution in [2.75, 3.05) is 0 Å². The van der Waals surface area contributed by atoms with Gasteiger partial charge in [-0.2, -0.15) is 0 Å². The van der Waals surface area contributed by atoms with E-state index in [0.29, 0.717) is 6.42 Å². The van der Waals surface area contributed by atoms with E-state index in [1.807, 2.05) is 6.92 Å². The van der Waals surface area contributed by atoms with Crippen molar-refractivity contribution in [3.05, 3.63) is 0 Å². The van der Waals surface area contributed by atoms with Crippen LogP contribution in [0.4, 0.5) is 4.39 Å². The number of unbranched alkanes of at least 4 members (excludes halogenated alkanes) is 1. The molecule has 0 N–H and O–H groups in total. The van der Waals surface area contributed by atoms with E-state index in [2.05, 4.69) is 0 Å². The summed E-state index contributed by atoms with van der Waals surface area (Å²) in [5.41, 5.74) is -1.61. The van der Waals surface area contributed by atoms with E-state index < -0.39 is 5.67 Å². The molecule has 0 aliphatic carbocycles. The van der Waals surface area contributed by atoms with Crippen molar-refractivity contribution < 1.29 is 9.18 Å². The van der Waals surface area contributed by atoms with Gasteiger partial charge in [0, 0.05) is 5.92 Å². The predicted molar refractivity (Wildman–Crippen MR) is 48.9 cm³/mol. The minimum absolute atomic E-state index is 0.197. The number of halogens is 1. The average Bonchev–Trinajstić information content (AvgIpc) is 1.99. The molecule has 0 aliphatic rings. The monoisotopic (exact) mass is 174 g/mol. The molecule has 72 valence electrons. The number of alkyl halides is 1. The van der Waals surface area contributed by atoms with Crippen LogP contribution in [0, 0.1) is 5.92 Å². The normalized spacial score (nSPS) is 16.2. The summed E-state index contributed by atoms with van der Waals surface area (Å²) in [5, 5.41) is 0. The van der Waals surface area contributed by atoms with Crippen molar-refractivity contribution in [2.45, 2.75) is 52.6 Å². The van der Waals surface area contributed by atoms with Crippen LogP contribution < -0.4 is 0 Å². The number of carbonyl (C=O) groups is 1. The molecule has 0 aromatic heterocycles. The average molecular weight is 174 g/mol. The number of ketones is 1. The maximum absolute atomic E-state index is 13.6. The first-order valence-electron chi connectivity index (χ1n) is 4.65. The van der Waals surface area contributed by atoms with Gasteiger partial charge in [0.2, 0.25) is 0 Å². The summed E-state index contributed by atoms with van der Waals surface area (Å²) in [6.45, 7) is 6.87. The topological polar surface area (TPSA) is 17.1 Å². The van der Waals surface area contributed by atoms with E-state index in [-0.39, 0.29) is 11.7 Å². The van der Waals surface area contributed by atoms with Gasteiger partial charge in [0.15, 0.2) is 11.5 Å². The first-order chi connectivity index (χ1) is 5.41. The lowest BCUT2D eigenvalue weighted by Gasteiger charge is -2.20. The van der Waals surface area contributed by atoms with Crippen LogP contribution in [0.1, 0.15) is 47.0 Å². The first-order valence-corrected chi connectivity index (χ1v) is 4.65. The molecule has 1 nitrogen and oxygen atoms in total. The summed E-state index contributed by atoms with van der Waals surface area (Å²) >= 11 is 0. The van der Waals surface area contributed by atoms with Gasteiger partial charge in [-0.25, -0.2) is 4.39 Å². The Morgan fingerprint density at radius 1 is 1.50 bits per heavy atom. The molecule has 0 fully saturated rings. The van der Waals surface area contributed by atoms with Crippen LogP contribution in [0.5, 0.6) is 0 Å².